The molecule has 0 saturated carbocycles. The number of hydrogen-bond donors (Lipinski definition) is 2. The topological polar surface area (TPSA) is 84.3 Å². The maximum Gasteiger partial charge on any atom is 0.414 e. The minimum absolute atomic E-state index is 0.208. The van der Waals surface area contributed by atoms with Crippen LogP contribution in [0.25, 0.3) is 10.9 Å². The Balaban J connectivity index is 1.70. The number of carbonyl (C=O) groups is 1. The highest BCUT2D eigenvalue weighted by molar-refractivity contribution is 5.86. The predicted octanol–water partition coefficient (Wildman–Crippen LogP) is 2.62. The van der Waals surface area contributed by atoms with E-state index in [1.165, 1.54) is 0 Å². The van der Waals surface area contributed by atoms with E-state index in [1.807, 2.05) is 30.3 Å². The molecular weight excluding hydrogens is 282 g/mol. The van der Waals surface area contributed by atoms with Gasteiger partial charge in [-0.1, -0.05) is 42.5 Å². The summed E-state index contributed by atoms with van der Waals surface area (Å²) < 4.78 is 5.00. The van der Waals surface area contributed by atoms with E-state index >= 15 is 0 Å². The molecule has 0 bridgehead atoms. The molecule has 0 radical (unpaired) electrons. The quantitative estimate of drug-likeness (QED) is 0.776. The average Bonchev–Trinajstić information content (AvgIpc) is 2.57. The molecule has 3 rings (SSSR count). The number of rotatable bonds is 3. The first-order valence-corrected chi connectivity index (χ1v) is 6.68. The molecule has 0 aliphatic rings. The van der Waals surface area contributed by atoms with Crippen LogP contribution in [0.2, 0.25) is 0 Å². The van der Waals surface area contributed by atoms with Crippen molar-refractivity contribution in [2.45, 2.75) is 6.54 Å². The highest BCUT2D eigenvalue weighted by atomic mass is 16.6. The van der Waals surface area contributed by atoms with Gasteiger partial charge in [0, 0.05) is 11.9 Å². The highest BCUT2D eigenvalue weighted by Gasteiger charge is 2.14. The van der Waals surface area contributed by atoms with Gasteiger partial charge in [0.2, 0.25) is 0 Å². The molecule has 3 aromatic rings. The number of hydrogen-bond acceptors (Lipinski definition) is 5. The molecule has 2 aromatic carbocycles. The lowest BCUT2D eigenvalue weighted by Gasteiger charge is -2.08. The summed E-state index contributed by atoms with van der Waals surface area (Å²) in [5.41, 5.74) is 1.46. The van der Waals surface area contributed by atoms with E-state index in [-0.39, 0.29) is 11.6 Å². The minimum Gasteiger partial charge on any atom is -0.503 e. The third-order valence-electron chi connectivity index (χ3n) is 3.08. The molecule has 0 unspecified atom stereocenters. The average molecular weight is 295 g/mol. The Kier molecular flexibility index (Phi) is 3.82. The zero-order chi connectivity index (χ0) is 15.4. The van der Waals surface area contributed by atoms with Crippen molar-refractivity contribution < 1.29 is 14.6 Å². The van der Waals surface area contributed by atoms with Crippen LogP contribution < -0.4 is 10.1 Å². The summed E-state index contributed by atoms with van der Waals surface area (Å²) >= 11 is 0. The Labute approximate surface area is 126 Å². The lowest BCUT2D eigenvalue weighted by atomic mass is 10.2. The number of benzene rings is 2. The van der Waals surface area contributed by atoms with Gasteiger partial charge in [-0.05, 0) is 17.7 Å². The maximum atomic E-state index is 11.8. The van der Waals surface area contributed by atoms with Crippen molar-refractivity contribution in [3.8, 4) is 11.6 Å². The van der Waals surface area contributed by atoms with E-state index < -0.39 is 6.09 Å². The molecule has 1 amide bonds. The van der Waals surface area contributed by atoms with Gasteiger partial charge in [-0.15, -0.1) is 10.2 Å². The lowest BCUT2D eigenvalue weighted by molar-refractivity contribution is 0.195. The number of aromatic nitrogens is 2. The number of amides is 1. The second-order valence-corrected chi connectivity index (χ2v) is 4.60. The van der Waals surface area contributed by atoms with Gasteiger partial charge >= 0.3 is 6.09 Å². The molecule has 0 aliphatic carbocycles. The van der Waals surface area contributed by atoms with Gasteiger partial charge in [0.25, 0.3) is 5.88 Å². The van der Waals surface area contributed by atoms with Crippen molar-refractivity contribution >= 4 is 17.0 Å². The number of fused-ring (bicyclic) bond motifs is 1. The highest BCUT2D eigenvalue weighted by Crippen LogP contribution is 2.30. The molecule has 0 spiro atoms. The molecule has 110 valence electrons. The van der Waals surface area contributed by atoms with Gasteiger partial charge in [-0.3, -0.25) is 0 Å². The summed E-state index contributed by atoms with van der Waals surface area (Å²) in [6.45, 7) is 0.321. The second-order valence-electron chi connectivity index (χ2n) is 4.60. The van der Waals surface area contributed by atoms with Gasteiger partial charge in [0.1, 0.15) is 0 Å². The monoisotopic (exact) mass is 295 g/mol. The van der Waals surface area contributed by atoms with E-state index in [0.29, 0.717) is 17.4 Å². The fraction of sp³-hybridized carbons (Fsp3) is 0.0625. The minimum atomic E-state index is -0.705. The third kappa shape index (κ3) is 2.95. The lowest BCUT2D eigenvalue weighted by Crippen LogP contribution is -2.26. The molecule has 1 heterocycles. The van der Waals surface area contributed by atoms with Crippen LogP contribution in [0.15, 0.2) is 54.6 Å². The first-order chi connectivity index (χ1) is 10.7. The Hall–Kier alpha value is -3.15. The first kappa shape index (κ1) is 13.8. The summed E-state index contributed by atoms with van der Waals surface area (Å²) in [5, 5.41) is 20.8. The van der Waals surface area contributed by atoms with Gasteiger partial charge in [0.15, 0.2) is 5.75 Å². The summed E-state index contributed by atoms with van der Waals surface area (Å²) in [6.07, 6.45) is -0.705. The first-order valence-electron chi connectivity index (χ1n) is 6.68. The molecule has 2 N–H and O–H groups in total. The van der Waals surface area contributed by atoms with Crippen LogP contribution in [0.3, 0.4) is 0 Å². The van der Waals surface area contributed by atoms with Crippen LogP contribution in [-0.4, -0.2) is 21.4 Å². The van der Waals surface area contributed by atoms with E-state index in [1.54, 1.807) is 24.3 Å². The number of ether oxygens (including phenoxy) is 1. The Bertz CT molecular complexity index is 806. The van der Waals surface area contributed by atoms with E-state index in [2.05, 4.69) is 15.5 Å². The summed E-state index contributed by atoms with van der Waals surface area (Å²) in [5.74, 6) is -0.426. The molecule has 0 fully saturated rings. The van der Waals surface area contributed by atoms with Gasteiger partial charge < -0.3 is 15.2 Å². The standard InChI is InChI=1S/C16H13N3O3/c20-14-12-8-4-5-9-13(12)18-19-15(14)22-16(21)17-10-11-6-2-1-3-7-11/h1-9H,10H2,(H,17,21)(H,18,20). The van der Waals surface area contributed by atoms with Crippen LogP contribution in [0.5, 0.6) is 11.6 Å². The fourth-order valence-electron chi connectivity index (χ4n) is 1.99. The zero-order valence-corrected chi connectivity index (χ0v) is 11.6. The molecule has 1 aromatic heterocycles. The summed E-state index contributed by atoms with van der Waals surface area (Å²) in [7, 11) is 0. The molecule has 6 nitrogen and oxygen atoms in total. The molecular formula is C16H13N3O3. The number of nitrogens with one attached hydrogen (secondary N) is 1. The van der Waals surface area contributed by atoms with E-state index in [0.717, 1.165) is 5.56 Å². The Morgan fingerprint density at radius 1 is 1.05 bits per heavy atom. The smallest absolute Gasteiger partial charge is 0.414 e. The molecule has 0 aliphatic heterocycles. The van der Waals surface area contributed by atoms with E-state index in [4.69, 9.17) is 4.74 Å². The second kappa shape index (κ2) is 6.09. The van der Waals surface area contributed by atoms with Gasteiger partial charge in [0.05, 0.1) is 5.52 Å². The summed E-state index contributed by atoms with van der Waals surface area (Å²) in [6, 6.07) is 16.3. The molecule has 6 heteroatoms. The van der Waals surface area contributed by atoms with Gasteiger partial charge in [-0.2, -0.15) is 0 Å². The van der Waals surface area contributed by atoms with Crippen molar-refractivity contribution in [3.05, 3.63) is 60.2 Å². The van der Waals surface area contributed by atoms with Crippen LogP contribution in [0, 0.1) is 0 Å². The molecule has 0 atom stereocenters. The van der Waals surface area contributed by atoms with Crippen molar-refractivity contribution in [1.82, 2.24) is 15.5 Å². The number of aromatic hydroxyl groups is 1. The number of carbonyl (C=O) groups excluding carboxylic acids is 1. The SMILES string of the molecule is O=C(NCc1ccccc1)Oc1nnc2ccccc2c1O. The Morgan fingerprint density at radius 3 is 2.59 bits per heavy atom. The fourth-order valence-corrected chi connectivity index (χ4v) is 1.99. The molecule has 22 heavy (non-hydrogen) atoms. The zero-order valence-electron chi connectivity index (χ0n) is 11.6. The largest absolute Gasteiger partial charge is 0.503 e. The van der Waals surface area contributed by atoms with Crippen LogP contribution in [-0.2, 0) is 6.54 Å². The predicted molar refractivity (Wildman–Crippen MR) is 80.5 cm³/mol. The third-order valence-corrected chi connectivity index (χ3v) is 3.08. The van der Waals surface area contributed by atoms with E-state index in [9.17, 15) is 9.90 Å². The van der Waals surface area contributed by atoms with Crippen LogP contribution >= 0.6 is 0 Å². The maximum absolute atomic E-state index is 11.8. The van der Waals surface area contributed by atoms with Gasteiger partial charge in [-0.25, -0.2) is 4.79 Å². The van der Waals surface area contributed by atoms with Crippen molar-refractivity contribution in [2.75, 3.05) is 0 Å². The number of nitrogens with zero attached hydrogens (tertiary/aromatic N) is 2. The Morgan fingerprint density at radius 2 is 1.77 bits per heavy atom. The van der Waals surface area contributed by atoms with Crippen molar-refractivity contribution in [3.63, 3.8) is 0 Å². The van der Waals surface area contributed by atoms with Crippen molar-refractivity contribution in [2.24, 2.45) is 0 Å². The normalized spacial score (nSPS) is 10.4. The van der Waals surface area contributed by atoms with Crippen LogP contribution in [0.4, 0.5) is 4.79 Å². The molecule has 0 saturated heterocycles. The summed E-state index contributed by atoms with van der Waals surface area (Å²) in [4.78, 5) is 11.8. The van der Waals surface area contributed by atoms with Crippen molar-refractivity contribution in [1.29, 1.82) is 0 Å². The van der Waals surface area contributed by atoms with Crippen LogP contribution in [0.1, 0.15) is 5.56 Å².